The van der Waals surface area contributed by atoms with Gasteiger partial charge in [0, 0.05) is 18.9 Å². The molecule has 9 heteroatoms. The standard InChI is InChI=1S/C19H21Cl2NO6/c1-4-27-19(28-5-2)16-14(18(25)26)13(12(17(23)24)9(3)22-16)10-7-6-8-11(20)15(10)21/h6-8,13,19,22H,4-5H2,1-3H3,(H,23,24)(H,25,26). The molecule has 0 fully saturated rings. The molecule has 0 saturated heterocycles. The van der Waals surface area contributed by atoms with Crippen LogP contribution in [0.25, 0.3) is 0 Å². The average molecular weight is 430 g/mol. The summed E-state index contributed by atoms with van der Waals surface area (Å²) >= 11 is 12.4. The van der Waals surface area contributed by atoms with E-state index in [1.165, 1.54) is 0 Å². The zero-order valence-corrected chi connectivity index (χ0v) is 17.1. The van der Waals surface area contributed by atoms with Crippen LogP contribution in [0.4, 0.5) is 0 Å². The van der Waals surface area contributed by atoms with Crippen molar-refractivity contribution in [3.63, 3.8) is 0 Å². The van der Waals surface area contributed by atoms with E-state index in [-0.39, 0.29) is 51.4 Å². The largest absolute Gasteiger partial charge is 0.478 e. The van der Waals surface area contributed by atoms with E-state index in [2.05, 4.69) is 5.32 Å². The van der Waals surface area contributed by atoms with Crippen molar-refractivity contribution in [1.29, 1.82) is 0 Å². The number of allylic oxidation sites excluding steroid dienone is 1. The normalized spacial score (nSPS) is 17.1. The molecule has 1 unspecified atom stereocenters. The first-order valence-electron chi connectivity index (χ1n) is 8.60. The molecule has 28 heavy (non-hydrogen) atoms. The summed E-state index contributed by atoms with van der Waals surface area (Å²) in [6, 6.07) is 4.68. The Morgan fingerprint density at radius 2 is 1.68 bits per heavy atom. The highest BCUT2D eigenvalue weighted by Gasteiger charge is 2.41. The zero-order chi connectivity index (χ0) is 21.0. The van der Waals surface area contributed by atoms with Crippen molar-refractivity contribution in [3.8, 4) is 0 Å². The molecule has 1 aromatic carbocycles. The van der Waals surface area contributed by atoms with Crippen molar-refractivity contribution in [2.75, 3.05) is 13.2 Å². The van der Waals surface area contributed by atoms with Gasteiger partial charge in [-0.25, -0.2) is 9.59 Å². The molecule has 152 valence electrons. The third-order valence-electron chi connectivity index (χ3n) is 4.22. The first-order chi connectivity index (χ1) is 13.2. The lowest BCUT2D eigenvalue weighted by atomic mass is 9.80. The van der Waals surface area contributed by atoms with Crippen molar-refractivity contribution in [3.05, 3.63) is 56.3 Å². The number of dihydropyridines is 1. The van der Waals surface area contributed by atoms with Gasteiger partial charge in [-0.3, -0.25) is 0 Å². The van der Waals surface area contributed by atoms with Crippen LogP contribution >= 0.6 is 23.2 Å². The van der Waals surface area contributed by atoms with Gasteiger partial charge >= 0.3 is 11.9 Å². The third kappa shape index (κ3) is 4.33. The Hall–Kier alpha value is -2.06. The van der Waals surface area contributed by atoms with E-state index in [1.54, 1.807) is 39.0 Å². The lowest BCUT2D eigenvalue weighted by Gasteiger charge is -2.33. The monoisotopic (exact) mass is 429 g/mol. The second-order valence-electron chi connectivity index (χ2n) is 5.92. The Morgan fingerprint density at radius 1 is 1.11 bits per heavy atom. The minimum absolute atomic E-state index is 0.0880. The van der Waals surface area contributed by atoms with Crippen LogP contribution in [0.1, 0.15) is 32.3 Å². The Bertz CT molecular complexity index is 843. The summed E-state index contributed by atoms with van der Waals surface area (Å²) < 4.78 is 11.1. The molecule has 1 atom stereocenters. The Morgan fingerprint density at radius 3 is 2.18 bits per heavy atom. The lowest BCUT2D eigenvalue weighted by Crippen LogP contribution is -2.38. The maximum atomic E-state index is 12.2. The summed E-state index contributed by atoms with van der Waals surface area (Å²) in [6.45, 7) is 5.56. The van der Waals surface area contributed by atoms with Crippen LogP contribution in [0, 0.1) is 0 Å². The number of hydrogen-bond acceptors (Lipinski definition) is 5. The number of aliphatic carboxylic acids is 2. The molecule has 1 aromatic rings. The van der Waals surface area contributed by atoms with Crippen molar-refractivity contribution >= 4 is 35.1 Å². The molecular weight excluding hydrogens is 409 g/mol. The van der Waals surface area contributed by atoms with E-state index in [0.717, 1.165) is 0 Å². The van der Waals surface area contributed by atoms with Crippen LogP contribution in [0.3, 0.4) is 0 Å². The highest BCUT2D eigenvalue weighted by atomic mass is 35.5. The van der Waals surface area contributed by atoms with Crippen LogP contribution in [-0.4, -0.2) is 41.7 Å². The highest BCUT2D eigenvalue weighted by molar-refractivity contribution is 6.42. The molecule has 0 aromatic heterocycles. The fourth-order valence-electron chi connectivity index (χ4n) is 3.13. The van der Waals surface area contributed by atoms with Gasteiger partial charge in [0.15, 0.2) is 6.29 Å². The van der Waals surface area contributed by atoms with Crippen LogP contribution in [0.2, 0.25) is 10.0 Å². The molecule has 2 rings (SSSR count). The summed E-state index contributed by atoms with van der Waals surface area (Å²) in [6.07, 6.45) is -1.01. The summed E-state index contributed by atoms with van der Waals surface area (Å²) in [5.74, 6) is -3.76. The number of carboxylic acid groups (broad SMARTS) is 2. The topological polar surface area (TPSA) is 105 Å². The fraction of sp³-hybridized carbons (Fsp3) is 0.368. The highest BCUT2D eigenvalue weighted by Crippen LogP contribution is 2.43. The minimum atomic E-state index is -1.32. The van der Waals surface area contributed by atoms with E-state index in [4.69, 9.17) is 32.7 Å². The van der Waals surface area contributed by atoms with Crippen molar-refractivity contribution < 1.29 is 29.3 Å². The van der Waals surface area contributed by atoms with Gasteiger partial charge in [-0.05, 0) is 32.4 Å². The molecule has 1 aliphatic rings. The molecule has 0 amide bonds. The molecular formula is C19H21Cl2NO6. The van der Waals surface area contributed by atoms with Crippen molar-refractivity contribution in [2.45, 2.75) is 33.0 Å². The molecule has 7 nitrogen and oxygen atoms in total. The first-order valence-corrected chi connectivity index (χ1v) is 9.35. The fourth-order valence-corrected chi connectivity index (χ4v) is 3.55. The van der Waals surface area contributed by atoms with Gasteiger partial charge in [-0.2, -0.15) is 0 Å². The van der Waals surface area contributed by atoms with Crippen LogP contribution in [0.5, 0.6) is 0 Å². The molecule has 0 saturated carbocycles. The predicted molar refractivity (Wildman–Crippen MR) is 104 cm³/mol. The summed E-state index contributed by atoms with van der Waals surface area (Å²) in [5, 5.41) is 22.9. The Kier molecular flexibility index (Phi) is 7.48. The maximum absolute atomic E-state index is 12.2. The van der Waals surface area contributed by atoms with Crippen LogP contribution in [-0.2, 0) is 19.1 Å². The third-order valence-corrected chi connectivity index (χ3v) is 5.05. The number of carboxylic acids is 2. The van der Waals surface area contributed by atoms with E-state index < -0.39 is 24.1 Å². The summed E-state index contributed by atoms with van der Waals surface area (Å²) in [4.78, 5) is 24.2. The number of rotatable bonds is 8. The SMILES string of the molecule is CCOC(OCC)C1=C(C(=O)O)C(c2cccc(Cl)c2Cl)C(C(=O)O)=C(C)N1. The molecule has 3 N–H and O–H groups in total. The number of benzene rings is 1. The molecule has 1 heterocycles. The Balaban J connectivity index is 2.81. The van der Waals surface area contributed by atoms with Gasteiger partial charge in [-0.15, -0.1) is 0 Å². The summed E-state index contributed by atoms with van der Waals surface area (Å²) in [7, 11) is 0. The van der Waals surface area contributed by atoms with Gasteiger partial charge in [0.1, 0.15) is 0 Å². The first kappa shape index (κ1) is 22.2. The van der Waals surface area contributed by atoms with Crippen LogP contribution in [0.15, 0.2) is 40.7 Å². The number of carbonyl (C=O) groups is 2. The quantitative estimate of drug-likeness (QED) is 0.539. The van der Waals surface area contributed by atoms with Gasteiger partial charge in [0.05, 0.1) is 32.8 Å². The predicted octanol–water partition coefficient (Wildman–Crippen LogP) is 3.78. The van der Waals surface area contributed by atoms with Crippen molar-refractivity contribution in [2.24, 2.45) is 0 Å². The average Bonchev–Trinajstić information content (AvgIpc) is 2.62. The molecule has 1 aliphatic heterocycles. The van der Waals surface area contributed by atoms with Gasteiger partial charge in [0.2, 0.25) is 0 Å². The van der Waals surface area contributed by atoms with Crippen LogP contribution < -0.4 is 5.32 Å². The number of nitrogens with one attached hydrogen (secondary N) is 1. The molecule has 0 aliphatic carbocycles. The zero-order valence-electron chi connectivity index (χ0n) is 15.6. The van der Waals surface area contributed by atoms with Gasteiger partial charge in [-0.1, -0.05) is 35.3 Å². The second kappa shape index (κ2) is 9.43. The van der Waals surface area contributed by atoms with E-state index in [1.807, 2.05) is 0 Å². The van der Waals surface area contributed by atoms with Gasteiger partial charge < -0.3 is 25.0 Å². The number of ether oxygens (including phenoxy) is 2. The molecule has 0 bridgehead atoms. The minimum Gasteiger partial charge on any atom is -0.478 e. The lowest BCUT2D eigenvalue weighted by molar-refractivity contribution is -0.135. The number of halogens is 2. The Labute approximate surface area is 172 Å². The number of hydrogen-bond donors (Lipinski definition) is 3. The van der Waals surface area contributed by atoms with E-state index in [0.29, 0.717) is 0 Å². The van der Waals surface area contributed by atoms with Gasteiger partial charge in [0.25, 0.3) is 0 Å². The molecule has 0 radical (unpaired) electrons. The maximum Gasteiger partial charge on any atom is 0.334 e. The van der Waals surface area contributed by atoms with E-state index in [9.17, 15) is 19.8 Å². The smallest absolute Gasteiger partial charge is 0.334 e. The van der Waals surface area contributed by atoms with Crippen molar-refractivity contribution in [1.82, 2.24) is 5.32 Å². The molecule has 0 spiro atoms. The summed E-state index contributed by atoms with van der Waals surface area (Å²) in [5.41, 5.74) is 0.294. The van der Waals surface area contributed by atoms with E-state index >= 15 is 0 Å². The second-order valence-corrected chi connectivity index (χ2v) is 6.71.